The lowest BCUT2D eigenvalue weighted by atomic mass is 10.2. The summed E-state index contributed by atoms with van der Waals surface area (Å²) < 4.78 is 5.25. The minimum absolute atomic E-state index is 0.0293. The molecule has 1 unspecified atom stereocenters. The molecule has 1 amide bonds. The van der Waals surface area contributed by atoms with Crippen molar-refractivity contribution < 1.29 is 9.53 Å². The summed E-state index contributed by atoms with van der Waals surface area (Å²) in [5.74, 6) is 0.0293. The largest absolute Gasteiger partial charge is 0.380 e. The molecule has 0 saturated carbocycles. The number of aromatic nitrogens is 1. The minimum Gasteiger partial charge on any atom is -0.380 e. The van der Waals surface area contributed by atoms with Crippen molar-refractivity contribution >= 4 is 5.91 Å². The van der Waals surface area contributed by atoms with Crippen LogP contribution in [0.15, 0.2) is 18.3 Å². The molecule has 0 spiro atoms. The molecule has 92 valence electrons. The number of rotatable bonds is 3. The van der Waals surface area contributed by atoms with Crippen LogP contribution in [0.5, 0.6) is 0 Å². The molecule has 2 heterocycles. The predicted octanol–water partition coefficient (Wildman–Crippen LogP) is 0.401. The van der Waals surface area contributed by atoms with Crippen LogP contribution in [0.25, 0.3) is 0 Å². The molecule has 2 N–H and O–H groups in total. The number of ether oxygens (including phenoxy) is 1. The van der Waals surface area contributed by atoms with Gasteiger partial charge in [-0.05, 0) is 18.6 Å². The van der Waals surface area contributed by atoms with E-state index < -0.39 is 0 Å². The average molecular weight is 235 g/mol. The minimum atomic E-state index is 0.0293. The summed E-state index contributed by atoms with van der Waals surface area (Å²) in [5.41, 5.74) is 6.89. The van der Waals surface area contributed by atoms with E-state index in [1.54, 1.807) is 25.4 Å². The van der Waals surface area contributed by atoms with Gasteiger partial charge in [0.15, 0.2) is 0 Å². The first-order valence-electron chi connectivity index (χ1n) is 5.71. The molecule has 17 heavy (non-hydrogen) atoms. The SMILES string of the molecule is COC1CCN(C(=O)c2ccnc(CN)c2)C1. The molecule has 1 aromatic rings. The van der Waals surface area contributed by atoms with Crippen LogP contribution in [0.1, 0.15) is 22.5 Å². The fourth-order valence-corrected chi connectivity index (χ4v) is 2.01. The number of likely N-dealkylation sites (tertiary alicyclic amines) is 1. The quantitative estimate of drug-likeness (QED) is 0.823. The second kappa shape index (κ2) is 5.25. The molecule has 0 bridgehead atoms. The van der Waals surface area contributed by atoms with Gasteiger partial charge in [-0.3, -0.25) is 9.78 Å². The zero-order chi connectivity index (χ0) is 12.3. The van der Waals surface area contributed by atoms with Gasteiger partial charge in [0.1, 0.15) is 0 Å². The highest BCUT2D eigenvalue weighted by Crippen LogP contribution is 2.15. The normalized spacial score (nSPS) is 19.6. The summed E-state index contributed by atoms with van der Waals surface area (Å²) in [4.78, 5) is 18.1. The van der Waals surface area contributed by atoms with Crippen LogP contribution in [-0.2, 0) is 11.3 Å². The van der Waals surface area contributed by atoms with Crippen LogP contribution < -0.4 is 5.73 Å². The van der Waals surface area contributed by atoms with E-state index in [1.807, 2.05) is 4.90 Å². The van der Waals surface area contributed by atoms with E-state index in [0.717, 1.165) is 18.7 Å². The van der Waals surface area contributed by atoms with Crippen molar-refractivity contribution in [3.05, 3.63) is 29.6 Å². The third kappa shape index (κ3) is 2.62. The van der Waals surface area contributed by atoms with Crippen LogP contribution in [-0.4, -0.2) is 42.1 Å². The van der Waals surface area contributed by atoms with Gasteiger partial charge in [-0.2, -0.15) is 0 Å². The molecule has 1 fully saturated rings. The van der Waals surface area contributed by atoms with Gasteiger partial charge in [-0.25, -0.2) is 0 Å². The van der Waals surface area contributed by atoms with E-state index in [4.69, 9.17) is 10.5 Å². The molecule has 1 saturated heterocycles. The molecule has 5 nitrogen and oxygen atoms in total. The number of pyridine rings is 1. The fourth-order valence-electron chi connectivity index (χ4n) is 2.01. The monoisotopic (exact) mass is 235 g/mol. The van der Waals surface area contributed by atoms with Crippen molar-refractivity contribution in [2.24, 2.45) is 5.73 Å². The molecule has 0 aromatic carbocycles. The zero-order valence-electron chi connectivity index (χ0n) is 9.93. The number of hydrogen-bond donors (Lipinski definition) is 1. The number of amides is 1. The van der Waals surface area contributed by atoms with E-state index in [1.165, 1.54) is 0 Å². The molecule has 1 aromatic heterocycles. The molecule has 1 aliphatic heterocycles. The lowest BCUT2D eigenvalue weighted by Gasteiger charge is -2.16. The first-order valence-corrected chi connectivity index (χ1v) is 5.71. The second-order valence-corrected chi connectivity index (χ2v) is 4.14. The maximum absolute atomic E-state index is 12.2. The van der Waals surface area contributed by atoms with Crippen molar-refractivity contribution in [2.75, 3.05) is 20.2 Å². The first kappa shape index (κ1) is 12.0. The van der Waals surface area contributed by atoms with Crippen molar-refractivity contribution in [2.45, 2.75) is 19.1 Å². The van der Waals surface area contributed by atoms with Crippen LogP contribution >= 0.6 is 0 Å². The van der Waals surface area contributed by atoms with Crippen molar-refractivity contribution in [1.82, 2.24) is 9.88 Å². The van der Waals surface area contributed by atoms with Gasteiger partial charge in [0.2, 0.25) is 0 Å². The number of carbonyl (C=O) groups is 1. The Morgan fingerprint density at radius 3 is 3.18 bits per heavy atom. The number of nitrogens with zero attached hydrogens (tertiary/aromatic N) is 2. The summed E-state index contributed by atoms with van der Waals surface area (Å²) in [6.07, 6.45) is 2.69. The predicted molar refractivity (Wildman–Crippen MR) is 63.4 cm³/mol. The summed E-state index contributed by atoms with van der Waals surface area (Å²) in [6, 6.07) is 3.48. The van der Waals surface area contributed by atoms with Gasteiger partial charge < -0.3 is 15.4 Å². The zero-order valence-corrected chi connectivity index (χ0v) is 9.93. The van der Waals surface area contributed by atoms with Gasteiger partial charge >= 0.3 is 0 Å². The Morgan fingerprint density at radius 1 is 1.71 bits per heavy atom. The molecule has 5 heteroatoms. The molecular weight excluding hydrogens is 218 g/mol. The smallest absolute Gasteiger partial charge is 0.254 e. The Morgan fingerprint density at radius 2 is 2.53 bits per heavy atom. The van der Waals surface area contributed by atoms with Crippen LogP contribution in [0.4, 0.5) is 0 Å². The Bertz CT molecular complexity index is 408. The number of nitrogens with two attached hydrogens (primary N) is 1. The lowest BCUT2D eigenvalue weighted by Crippen LogP contribution is -2.30. The van der Waals surface area contributed by atoms with Crippen molar-refractivity contribution in [3.63, 3.8) is 0 Å². The average Bonchev–Trinajstić information content (AvgIpc) is 2.86. The number of hydrogen-bond acceptors (Lipinski definition) is 4. The van der Waals surface area contributed by atoms with Crippen LogP contribution in [0.2, 0.25) is 0 Å². The van der Waals surface area contributed by atoms with E-state index in [0.29, 0.717) is 18.7 Å². The Balaban J connectivity index is 2.09. The summed E-state index contributed by atoms with van der Waals surface area (Å²) in [6.45, 7) is 1.76. The van der Waals surface area contributed by atoms with E-state index in [2.05, 4.69) is 4.98 Å². The van der Waals surface area contributed by atoms with Crippen molar-refractivity contribution in [1.29, 1.82) is 0 Å². The van der Waals surface area contributed by atoms with Gasteiger partial charge in [0.25, 0.3) is 5.91 Å². The van der Waals surface area contributed by atoms with Crippen molar-refractivity contribution in [3.8, 4) is 0 Å². The summed E-state index contributed by atoms with van der Waals surface area (Å²) in [7, 11) is 1.68. The van der Waals surface area contributed by atoms with E-state index >= 15 is 0 Å². The third-order valence-corrected chi connectivity index (χ3v) is 3.04. The lowest BCUT2D eigenvalue weighted by molar-refractivity contribution is 0.0724. The Kier molecular flexibility index (Phi) is 3.71. The summed E-state index contributed by atoms with van der Waals surface area (Å²) >= 11 is 0. The number of carbonyl (C=O) groups excluding carboxylic acids is 1. The molecular formula is C12H17N3O2. The van der Waals surface area contributed by atoms with E-state index in [-0.39, 0.29) is 12.0 Å². The number of methoxy groups -OCH3 is 1. The summed E-state index contributed by atoms with van der Waals surface area (Å²) in [5, 5.41) is 0. The third-order valence-electron chi connectivity index (χ3n) is 3.04. The molecule has 0 aliphatic carbocycles. The highest BCUT2D eigenvalue weighted by molar-refractivity contribution is 5.94. The standard InChI is InChI=1S/C12H17N3O2/c1-17-11-3-5-15(8-11)12(16)9-2-4-14-10(6-9)7-13/h2,4,6,11H,3,5,7-8,13H2,1H3. The highest BCUT2D eigenvalue weighted by Gasteiger charge is 2.26. The van der Waals surface area contributed by atoms with Gasteiger partial charge in [0, 0.05) is 38.5 Å². The molecule has 1 atom stereocenters. The van der Waals surface area contributed by atoms with E-state index in [9.17, 15) is 4.79 Å². The Hall–Kier alpha value is -1.46. The second-order valence-electron chi connectivity index (χ2n) is 4.14. The maximum Gasteiger partial charge on any atom is 0.254 e. The maximum atomic E-state index is 12.2. The van der Waals surface area contributed by atoms with Crippen LogP contribution in [0.3, 0.4) is 0 Å². The molecule has 1 aliphatic rings. The fraction of sp³-hybridized carbons (Fsp3) is 0.500. The van der Waals surface area contributed by atoms with Gasteiger partial charge in [-0.1, -0.05) is 0 Å². The molecule has 0 radical (unpaired) electrons. The first-order chi connectivity index (χ1) is 8.24. The Labute approximate surface area is 101 Å². The topological polar surface area (TPSA) is 68.5 Å². The highest BCUT2D eigenvalue weighted by atomic mass is 16.5. The van der Waals surface area contributed by atoms with Crippen LogP contribution in [0, 0.1) is 0 Å². The van der Waals surface area contributed by atoms with Gasteiger partial charge in [-0.15, -0.1) is 0 Å². The van der Waals surface area contributed by atoms with Gasteiger partial charge in [0.05, 0.1) is 11.8 Å². The molecule has 2 rings (SSSR count).